The molecule has 1 aliphatic rings. The van der Waals surface area contributed by atoms with Crippen molar-refractivity contribution in [2.75, 3.05) is 7.05 Å². The number of nitrogens with one attached hydrogen (secondary N) is 1. The van der Waals surface area contributed by atoms with E-state index in [1.165, 1.54) is 22.8 Å². The number of benzene rings is 2. The lowest BCUT2D eigenvalue weighted by atomic mass is 9.96. The second kappa shape index (κ2) is 6.26. The molecule has 2 nitrogen and oxygen atoms in total. The first-order valence-corrected chi connectivity index (χ1v) is 7.77. The van der Waals surface area contributed by atoms with Crippen molar-refractivity contribution in [1.29, 1.82) is 0 Å². The largest absolute Gasteiger partial charge is 0.372 e. The SMILES string of the molecule is CNC(Cc1ccc(F)c(Br)c1)c1ccc2c(c1)COC2. The molecule has 2 aromatic rings. The van der Waals surface area contributed by atoms with Gasteiger partial charge in [-0.2, -0.15) is 0 Å². The number of hydrogen-bond donors (Lipinski definition) is 1. The lowest BCUT2D eigenvalue weighted by Crippen LogP contribution is -2.19. The molecule has 21 heavy (non-hydrogen) atoms. The summed E-state index contributed by atoms with van der Waals surface area (Å²) in [5, 5.41) is 3.34. The molecule has 0 radical (unpaired) electrons. The molecule has 1 N–H and O–H groups in total. The Morgan fingerprint density at radius 2 is 2.00 bits per heavy atom. The average Bonchev–Trinajstić information content (AvgIpc) is 2.95. The van der Waals surface area contributed by atoms with E-state index in [0.29, 0.717) is 17.7 Å². The Morgan fingerprint density at radius 1 is 1.19 bits per heavy atom. The van der Waals surface area contributed by atoms with Crippen LogP contribution in [0, 0.1) is 5.82 Å². The topological polar surface area (TPSA) is 21.3 Å². The van der Waals surface area contributed by atoms with Gasteiger partial charge in [0.2, 0.25) is 0 Å². The van der Waals surface area contributed by atoms with Crippen LogP contribution in [0.25, 0.3) is 0 Å². The first-order valence-electron chi connectivity index (χ1n) is 6.98. The van der Waals surface area contributed by atoms with E-state index < -0.39 is 0 Å². The summed E-state index contributed by atoms with van der Waals surface area (Å²) in [4.78, 5) is 0. The van der Waals surface area contributed by atoms with E-state index >= 15 is 0 Å². The Kier molecular flexibility index (Phi) is 4.38. The van der Waals surface area contributed by atoms with Gasteiger partial charge in [0.15, 0.2) is 0 Å². The van der Waals surface area contributed by atoms with Crippen molar-refractivity contribution in [3.05, 3.63) is 68.9 Å². The van der Waals surface area contributed by atoms with Crippen LogP contribution in [-0.2, 0) is 24.4 Å². The van der Waals surface area contributed by atoms with Crippen LogP contribution < -0.4 is 5.32 Å². The van der Waals surface area contributed by atoms with Crippen LogP contribution in [0.3, 0.4) is 0 Å². The molecule has 1 atom stereocenters. The molecule has 1 unspecified atom stereocenters. The highest BCUT2D eigenvalue weighted by Gasteiger charge is 2.16. The molecule has 0 aromatic heterocycles. The molecule has 1 aliphatic heterocycles. The van der Waals surface area contributed by atoms with Gasteiger partial charge in [0.05, 0.1) is 17.7 Å². The fraction of sp³-hybridized carbons (Fsp3) is 0.294. The number of hydrogen-bond acceptors (Lipinski definition) is 2. The van der Waals surface area contributed by atoms with Crippen LogP contribution in [0.2, 0.25) is 0 Å². The van der Waals surface area contributed by atoms with Gasteiger partial charge in [-0.1, -0.05) is 24.3 Å². The maximum atomic E-state index is 13.3. The summed E-state index contributed by atoms with van der Waals surface area (Å²) < 4.78 is 19.3. The van der Waals surface area contributed by atoms with E-state index in [9.17, 15) is 4.39 Å². The Balaban J connectivity index is 1.83. The van der Waals surface area contributed by atoms with E-state index in [0.717, 1.165) is 12.0 Å². The zero-order valence-electron chi connectivity index (χ0n) is 11.8. The number of rotatable bonds is 4. The highest BCUT2D eigenvalue weighted by molar-refractivity contribution is 9.10. The van der Waals surface area contributed by atoms with E-state index in [2.05, 4.69) is 39.4 Å². The van der Waals surface area contributed by atoms with Crippen LogP contribution in [0.4, 0.5) is 4.39 Å². The molecule has 0 saturated heterocycles. The normalized spacial score (nSPS) is 15.0. The molecule has 0 bridgehead atoms. The second-order valence-corrected chi connectivity index (χ2v) is 6.17. The van der Waals surface area contributed by atoms with Crippen molar-refractivity contribution in [3.63, 3.8) is 0 Å². The minimum atomic E-state index is -0.227. The standard InChI is InChI=1S/C17H17BrFNO/c1-20-17(7-11-2-5-16(19)15(18)6-11)12-3-4-13-9-21-10-14(13)8-12/h2-6,8,17,20H,7,9-10H2,1H3. The summed E-state index contributed by atoms with van der Waals surface area (Å²) in [6.07, 6.45) is 0.815. The summed E-state index contributed by atoms with van der Waals surface area (Å²) in [6, 6.07) is 11.9. The summed E-state index contributed by atoms with van der Waals surface area (Å²) >= 11 is 3.24. The van der Waals surface area contributed by atoms with Crippen LogP contribution in [0.15, 0.2) is 40.9 Å². The highest BCUT2D eigenvalue weighted by atomic mass is 79.9. The van der Waals surface area contributed by atoms with Crippen molar-refractivity contribution >= 4 is 15.9 Å². The van der Waals surface area contributed by atoms with E-state index in [-0.39, 0.29) is 11.9 Å². The molecular formula is C17H17BrFNO. The van der Waals surface area contributed by atoms with Gasteiger partial charge >= 0.3 is 0 Å². The molecule has 0 amide bonds. The van der Waals surface area contributed by atoms with Gasteiger partial charge in [-0.05, 0) is 63.8 Å². The fourth-order valence-electron chi connectivity index (χ4n) is 2.70. The lowest BCUT2D eigenvalue weighted by Gasteiger charge is -2.18. The Hall–Kier alpha value is -1.23. The predicted octanol–water partition coefficient (Wildman–Crippen LogP) is 4.12. The van der Waals surface area contributed by atoms with Crippen LogP contribution >= 0.6 is 15.9 Å². The minimum Gasteiger partial charge on any atom is -0.372 e. The van der Waals surface area contributed by atoms with Gasteiger partial charge in [0.1, 0.15) is 5.82 Å². The van der Waals surface area contributed by atoms with Crippen molar-refractivity contribution in [2.24, 2.45) is 0 Å². The van der Waals surface area contributed by atoms with E-state index in [4.69, 9.17) is 4.74 Å². The Bertz CT molecular complexity index is 659. The van der Waals surface area contributed by atoms with Gasteiger partial charge in [-0.15, -0.1) is 0 Å². The van der Waals surface area contributed by atoms with Gasteiger partial charge in [-0.3, -0.25) is 0 Å². The third kappa shape index (κ3) is 3.18. The highest BCUT2D eigenvalue weighted by Crippen LogP contribution is 2.26. The van der Waals surface area contributed by atoms with Crippen molar-refractivity contribution in [2.45, 2.75) is 25.7 Å². The first kappa shape index (κ1) is 14.7. The van der Waals surface area contributed by atoms with Crippen molar-refractivity contribution < 1.29 is 9.13 Å². The maximum Gasteiger partial charge on any atom is 0.137 e. The monoisotopic (exact) mass is 349 g/mol. The smallest absolute Gasteiger partial charge is 0.137 e. The number of likely N-dealkylation sites (N-methyl/N-ethyl adjacent to an activating group) is 1. The summed E-state index contributed by atoms with van der Waals surface area (Å²) in [5.74, 6) is -0.227. The first-order chi connectivity index (χ1) is 10.2. The molecule has 110 valence electrons. The second-order valence-electron chi connectivity index (χ2n) is 5.31. The molecule has 0 saturated carbocycles. The molecule has 0 fully saturated rings. The fourth-order valence-corrected chi connectivity index (χ4v) is 3.12. The Morgan fingerprint density at radius 3 is 2.76 bits per heavy atom. The van der Waals surface area contributed by atoms with Gasteiger partial charge < -0.3 is 10.1 Å². The zero-order valence-corrected chi connectivity index (χ0v) is 13.4. The molecule has 0 aliphatic carbocycles. The summed E-state index contributed by atoms with van der Waals surface area (Å²) in [5.41, 5.74) is 4.88. The van der Waals surface area contributed by atoms with Crippen LogP contribution in [-0.4, -0.2) is 7.05 Å². The van der Waals surface area contributed by atoms with Crippen molar-refractivity contribution in [1.82, 2.24) is 5.32 Å². The third-order valence-electron chi connectivity index (χ3n) is 3.92. The van der Waals surface area contributed by atoms with Gasteiger partial charge in [-0.25, -0.2) is 4.39 Å². The minimum absolute atomic E-state index is 0.202. The van der Waals surface area contributed by atoms with Gasteiger partial charge in [0.25, 0.3) is 0 Å². The van der Waals surface area contributed by atoms with Crippen LogP contribution in [0.5, 0.6) is 0 Å². The third-order valence-corrected chi connectivity index (χ3v) is 4.53. The van der Waals surface area contributed by atoms with Crippen LogP contribution in [0.1, 0.15) is 28.3 Å². The lowest BCUT2D eigenvalue weighted by molar-refractivity contribution is 0.134. The molecular weight excluding hydrogens is 333 g/mol. The average molecular weight is 350 g/mol. The molecule has 2 aromatic carbocycles. The summed E-state index contributed by atoms with van der Waals surface area (Å²) in [7, 11) is 1.95. The predicted molar refractivity (Wildman–Crippen MR) is 84.5 cm³/mol. The zero-order chi connectivity index (χ0) is 14.8. The summed E-state index contributed by atoms with van der Waals surface area (Å²) in [6.45, 7) is 1.41. The van der Waals surface area contributed by atoms with Crippen molar-refractivity contribution in [3.8, 4) is 0 Å². The number of halogens is 2. The number of fused-ring (bicyclic) bond motifs is 1. The number of ether oxygens (including phenoxy) is 1. The molecule has 3 rings (SSSR count). The van der Waals surface area contributed by atoms with Gasteiger partial charge in [0, 0.05) is 6.04 Å². The quantitative estimate of drug-likeness (QED) is 0.896. The molecule has 1 heterocycles. The molecule has 0 spiro atoms. The van der Waals surface area contributed by atoms with E-state index in [1.807, 2.05) is 19.2 Å². The Labute approximate surface area is 132 Å². The maximum absolute atomic E-state index is 13.3. The molecule has 4 heteroatoms. The van der Waals surface area contributed by atoms with E-state index in [1.54, 1.807) is 0 Å².